The Morgan fingerprint density at radius 1 is 0.906 bits per heavy atom. The van der Waals surface area contributed by atoms with Crippen LogP contribution in [0.25, 0.3) is 16.9 Å². The van der Waals surface area contributed by atoms with Crippen molar-refractivity contribution in [2.24, 2.45) is 0 Å². The summed E-state index contributed by atoms with van der Waals surface area (Å²) >= 11 is 11.8. The summed E-state index contributed by atoms with van der Waals surface area (Å²) < 4.78 is 2.14. The van der Waals surface area contributed by atoms with Crippen LogP contribution in [0, 0.1) is 13.8 Å². The molecule has 0 radical (unpaired) electrons. The molecule has 4 rings (SSSR count). The highest BCUT2D eigenvalue weighted by Crippen LogP contribution is 2.32. The molecule has 0 unspecified atom stereocenters. The zero-order valence-electron chi connectivity index (χ0n) is 18.1. The molecule has 7 heteroatoms. The monoisotopic (exact) mass is 469 g/mol. The van der Waals surface area contributed by atoms with Crippen LogP contribution in [0.1, 0.15) is 21.6 Å². The summed E-state index contributed by atoms with van der Waals surface area (Å²) in [7, 11) is 0. The number of carbonyl (C=O) groups is 2. The fourth-order valence-electron chi connectivity index (χ4n) is 4.19. The van der Waals surface area contributed by atoms with Gasteiger partial charge in [-0.25, -0.2) is 0 Å². The summed E-state index contributed by atoms with van der Waals surface area (Å²) in [6.45, 7) is 6.03. The van der Waals surface area contributed by atoms with Crippen LogP contribution in [0.2, 0.25) is 5.02 Å². The molecule has 1 fully saturated rings. The van der Waals surface area contributed by atoms with E-state index < -0.39 is 0 Å². The number of aryl methyl sites for hydroxylation is 1. The second-order valence-corrected chi connectivity index (χ2v) is 8.67. The minimum Gasteiger partial charge on any atom is -0.338 e. The van der Waals surface area contributed by atoms with Crippen LogP contribution < -0.4 is 0 Å². The Kier molecular flexibility index (Phi) is 6.58. The number of piperazine rings is 1. The van der Waals surface area contributed by atoms with Crippen molar-refractivity contribution in [1.29, 1.82) is 0 Å². The minimum absolute atomic E-state index is 0.0250. The fraction of sp³-hybridized carbons (Fsp3) is 0.280. The standard InChI is InChI=1S/C25H25Cl2N3O2/c1-17-5-3-4-6-22(17)30-18(2)21(15-23(30)19-7-9-20(27)10-8-19)25(32)29-13-11-28(12-14-29)24(31)16-26/h3-10,15H,11-14,16H2,1-2H3. The molecule has 0 N–H and O–H groups in total. The van der Waals surface area contributed by atoms with Gasteiger partial charge in [0.25, 0.3) is 5.91 Å². The normalized spacial score (nSPS) is 14.0. The van der Waals surface area contributed by atoms with Gasteiger partial charge in [-0.2, -0.15) is 0 Å². The van der Waals surface area contributed by atoms with Crippen molar-refractivity contribution in [2.75, 3.05) is 32.1 Å². The number of nitrogens with zero attached hydrogens (tertiary/aromatic N) is 3. The Morgan fingerprint density at radius 2 is 1.53 bits per heavy atom. The van der Waals surface area contributed by atoms with Gasteiger partial charge >= 0.3 is 0 Å². The van der Waals surface area contributed by atoms with Gasteiger partial charge < -0.3 is 14.4 Å². The van der Waals surface area contributed by atoms with E-state index in [4.69, 9.17) is 23.2 Å². The zero-order valence-corrected chi connectivity index (χ0v) is 19.7. The van der Waals surface area contributed by atoms with Crippen LogP contribution in [0.15, 0.2) is 54.6 Å². The summed E-state index contributed by atoms with van der Waals surface area (Å²) in [5, 5.41) is 0.667. The van der Waals surface area contributed by atoms with Gasteiger partial charge in [0.15, 0.2) is 0 Å². The van der Waals surface area contributed by atoms with Crippen LogP contribution in [0.4, 0.5) is 0 Å². The summed E-state index contributed by atoms with van der Waals surface area (Å²) in [6.07, 6.45) is 0. The van der Waals surface area contributed by atoms with Crippen LogP contribution in [0.5, 0.6) is 0 Å². The predicted octanol–water partition coefficient (Wildman–Crippen LogP) is 4.94. The average molecular weight is 470 g/mol. The first-order valence-corrected chi connectivity index (χ1v) is 11.5. The van der Waals surface area contributed by atoms with Crippen LogP contribution in [0.3, 0.4) is 0 Å². The number of halogens is 2. The lowest BCUT2D eigenvalue weighted by molar-refractivity contribution is -0.129. The van der Waals surface area contributed by atoms with Gasteiger partial charge in [0.05, 0.1) is 11.3 Å². The van der Waals surface area contributed by atoms with Gasteiger partial charge in [-0.1, -0.05) is 41.9 Å². The molecular weight excluding hydrogens is 445 g/mol. The topological polar surface area (TPSA) is 45.6 Å². The van der Waals surface area contributed by atoms with E-state index in [-0.39, 0.29) is 17.7 Å². The lowest BCUT2D eigenvalue weighted by Gasteiger charge is -2.34. The molecule has 0 bridgehead atoms. The number of carbonyl (C=O) groups excluding carboxylic acids is 2. The van der Waals surface area contributed by atoms with E-state index >= 15 is 0 Å². The van der Waals surface area contributed by atoms with Crippen molar-refractivity contribution in [3.05, 3.63) is 76.4 Å². The Bertz CT molecular complexity index is 1150. The molecule has 0 atom stereocenters. The van der Waals surface area contributed by atoms with E-state index in [1.54, 1.807) is 4.90 Å². The third-order valence-corrected chi connectivity index (χ3v) is 6.49. The molecule has 0 aliphatic carbocycles. The maximum atomic E-state index is 13.5. The molecule has 2 amide bonds. The number of alkyl halides is 1. The molecule has 166 valence electrons. The van der Waals surface area contributed by atoms with E-state index in [1.165, 1.54) is 0 Å². The lowest BCUT2D eigenvalue weighted by Crippen LogP contribution is -2.51. The van der Waals surface area contributed by atoms with Gasteiger partial charge in [-0.05, 0) is 49.2 Å². The fourth-order valence-corrected chi connectivity index (χ4v) is 4.49. The second-order valence-electron chi connectivity index (χ2n) is 7.96. The van der Waals surface area contributed by atoms with E-state index in [1.807, 2.05) is 54.3 Å². The summed E-state index contributed by atoms with van der Waals surface area (Å²) in [5.74, 6) is -0.148. The smallest absolute Gasteiger partial charge is 0.255 e. The molecule has 1 aliphatic rings. The van der Waals surface area contributed by atoms with E-state index in [0.29, 0.717) is 36.8 Å². The summed E-state index contributed by atoms with van der Waals surface area (Å²) in [5.41, 5.74) is 5.62. The van der Waals surface area contributed by atoms with E-state index in [9.17, 15) is 9.59 Å². The second kappa shape index (κ2) is 9.39. The zero-order chi connectivity index (χ0) is 22.8. The Labute approximate surface area is 198 Å². The number of para-hydroxylation sites is 1. The highest BCUT2D eigenvalue weighted by atomic mass is 35.5. The number of hydrogen-bond acceptors (Lipinski definition) is 2. The number of rotatable bonds is 4. The van der Waals surface area contributed by atoms with Crippen LogP contribution in [-0.4, -0.2) is 58.2 Å². The SMILES string of the molecule is Cc1ccccc1-n1c(-c2ccc(Cl)cc2)cc(C(=O)N2CCN(C(=O)CCl)CC2)c1C. The largest absolute Gasteiger partial charge is 0.338 e. The third-order valence-electron chi connectivity index (χ3n) is 6.01. The number of amides is 2. The molecule has 5 nitrogen and oxygen atoms in total. The van der Waals surface area contributed by atoms with Crippen molar-refractivity contribution in [3.8, 4) is 16.9 Å². The van der Waals surface area contributed by atoms with Crippen molar-refractivity contribution < 1.29 is 9.59 Å². The molecule has 0 spiro atoms. The molecule has 32 heavy (non-hydrogen) atoms. The molecule has 1 aliphatic heterocycles. The highest BCUT2D eigenvalue weighted by molar-refractivity contribution is 6.30. The summed E-state index contributed by atoms with van der Waals surface area (Å²) in [4.78, 5) is 28.9. The van der Waals surface area contributed by atoms with Gasteiger partial charge in [0, 0.05) is 42.6 Å². The third kappa shape index (κ3) is 4.27. The first kappa shape index (κ1) is 22.4. The Hall–Kier alpha value is -2.76. The molecule has 2 heterocycles. The molecule has 1 aromatic heterocycles. The lowest BCUT2D eigenvalue weighted by atomic mass is 10.1. The van der Waals surface area contributed by atoms with Crippen molar-refractivity contribution in [2.45, 2.75) is 13.8 Å². The predicted molar refractivity (Wildman–Crippen MR) is 129 cm³/mol. The first-order chi connectivity index (χ1) is 15.4. The first-order valence-electron chi connectivity index (χ1n) is 10.6. The number of benzene rings is 2. The molecule has 3 aromatic rings. The van der Waals surface area contributed by atoms with E-state index in [2.05, 4.69) is 23.6 Å². The van der Waals surface area contributed by atoms with Crippen molar-refractivity contribution in [3.63, 3.8) is 0 Å². The number of hydrogen-bond donors (Lipinski definition) is 0. The molecule has 1 saturated heterocycles. The van der Waals surface area contributed by atoms with Crippen molar-refractivity contribution >= 4 is 35.0 Å². The number of aromatic nitrogens is 1. The molecular formula is C25H25Cl2N3O2. The van der Waals surface area contributed by atoms with Crippen LogP contribution >= 0.6 is 23.2 Å². The maximum absolute atomic E-state index is 13.5. The highest BCUT2D eigenvalue weighted by Gasteiger charge is 2.28. The minimum atomic E-state index is -0.0920. The van der Waals surface area contributed by atoms with Gasteiger partial charge in [-0.15, -0.1) is 11.6 Å². The van der Waals surface area contributed by atoms with Crippen LogP contribution in [-0.2, 0) is 4.79 Å². The van der Waals surface area contributed by atoms with Gasteiger partial charge in [0.2, 0.25) is 5.91 Å². The Morgan fingerprint density at radius 3 is 2.16 bits per heavy atom. The van der Waals surface area contributed by atoms with Crippen molar-refractivity contribution in [1.82, 2.24) is 14.4 Å². The molecule has 2 aromatic carbocycles. The maximum Gasteiger partial charge on any atom is 0.255 e. The quantitative estimate of drug-likeness (QED) is 0.508. The van der Waals surface area contributed by atoms with Gasteiger partial charge in [0.1, 0.15) is 5.88 Å². The van der Waals surface area contributed by atoms with E-state index in [0.717, 1.165) is 28.2 Å². The molecule has 0 saturated carbocycles. The van der Waals surface area contributed by atoms with Gasteiger partial charge in [-0.3, -0.25) is 9.59 Å². The average Bonchev–Trinajstić information content (AvgIpc) is 3.15. The Balaban J connectivity index is 1.73. The summed E-state index contributed by atoms with van der Waals surface area (Å²) in [6, 6.07) is 17.7.